The molecule has 28 heavy (non-hydrogen) atoms. The quantitative estimate of drug-likeness (QED) is 0.346. The Morgan fingerprint density at radius 1 is 0.929 bits per heavy atom. The summed E-state index contributed by atoms with van der Waals surface area (Å²) in [6, 6.07) is 24.0. The Morgan fingerprint density at radius 3 is 2.46 bits per heavy atom. The minimum atomic E-state index is -0.346. The summed E-state index contributed by atoms with van der Waals surface area (Å²) in [5.74, 6) is 0.778. The van der Waals surface area contributed by atoms with E-state index in [4.69, 9.17) is 0 Å². The third kappa shape index (κ3) is 2.69. The van der Waals surface area contributed by atoms with E-state index in [1.54, 1.807) is 12.1 Å². The van der Waals surface area contributed by atoms with Crippen LogP contribution in [0.3, 0.4) is 0 Å². The number of non-ortho nitro benzene ring substituents is 1. The lowest BCUT2D eigenvalue weighted by molar-refractivity contribution is -0.384. The second-order valence-corrected chi connectivity index (χ2v) is 7.46. The van der Waals surface area contributed by atoms with Crippen molar-refractivity contribution >= 4 is 11.4 Å². The van der Waals surface area contributed by atoms with Crippen molar-refractivity contribution in [1.29, 1.82) is 0 Å². The van der Waals surface area contributed by atoms with Crippen molar-refractivity contribution in [2.45, 2.75) is 18.4 Å². The van der Waals surface area contributed by atoms with Crippen molar-refractivity contribution in [1.82, 2.24) is 0 Å². The number of rotatable bonds is 3. The summed E-state index contributed by atoms with van der Waals surface area (Å²) in [5.41, 5.74) is 6.12. The van der Waals surface area contributed by atoms with E-state index < -0.39 is 0 Å². The highest BCUT2D eigenvalue weighted by Crippen LogP contribution is 2.52. The van der Waals surface area contributed by atoms with Crippen molar-refractivity contribution in [3.63, 3.8) is 0 Å². The molecule has 0 unspecified atom stereocenters. The van der Waals surface area contributed by atoms with Gasteiger partial charge in [-0.05, 0) is 29.0 Å². The van der Waals surface area contributed by atoms with Gasteiger partial charge in [-0.15, -0.1) is 0 Å². The van der Waals surface area contributed by atoms with E-state index in [0.717, 1.165) is 12.0 Å². The van der Waals surface area contributed by atoms with Gasteiger partial charge in [0, 0.05) is 29.3 Å². The Morgan fingerprint density at radius 2 is 1.71 bits per heavy atom. The predicted octanol–water partition coefficient (Wildman–Crippen LogP) is 6.09. The highest BCUT2D eigenvalue weighted by Gasteiger charge is 2.38. The Kier molecular flexibility index (Phi) is 3.97. The number of nitrogens with zero attached hydrogens (tertiary/aromatic N) is 1. The molecule has 3 aromatic rings. The van der Waals surface area contributed by atoms with E-state index in [1.165, 1.54) is 22.4 Å². The number of anilines is 1. The topological polar surface area (TPSA) is 55.2 Å². The van der Waals surface area contributed by atoms with Crippen LogP contribution in [0.1, 0.15) is 29.5 Å². The maximum absolute atomic E-state index is 11.0. The van der Waals surface area contributed by atoms with Gasteiger partial charge in [-0.3, -0.25) is 10.1 Å². The van der Waals surface area contributed by atoms with Crippen molar-refractivity contribution in [3.05, 3.63) is 106 Å². The number of benzene rings is 3. The van der Waals surface area contributed by atoms with Gasteiger partial charge in [0.2, 0.25) is 0 Å². The standard InChI is InChI=1S/C24H20N2O2/c27-26(28)18-14-12-17(13-15-18)23-21-10-5-9-20(21)22-11-4-8-19(24(22)25-23)16-6-2-1-3-7-16/h1-9,11-15,20-21,23,25H,10H2/t20-,21-,23+/m0/s1. The van der Waals surface area contributed by atoms with Crippen LogP contribution < -0.4 is 5.32 Å². The molecule has 5 rings (SSSR count). The van der Waals surface area contributed by atoms with Gasteiger partial charge in [-0.2, -0.15) is 0 Å². The van der Waals surface area contributed by atoms with Crippen LogP contribution in [-0.4, -0.2) is 4.92 Å². The molecule has 1 aliphatic heterocycles. The van der Waals surface area contributed by atoms with E-state index in [-0.39, 0.29) is 16.7 Å². The number of nitro benzene ring substituents is 1. The molecule has 1 heterocycles. The van der Waals surface area contributed by atoms with E-state index in [2.05, 4.69) is 59.9 Å². The number of nitrogens with one attached hydrogen (secondary N) is 1. The third-order valence-corrected chi connectivity index (χ3v) is 5.94. The summed E-state index contributed by atoms with van der Waals surface area (Å²) in [6.45, 7) is 0. The van der Waals surface area contributed by atoms with Crippen molar-refractivity contribution in [2.24, 2.45) is 5.92 Å². The number of nitro groups is 1. The Hall–Kier alpha value is -3.40. The first kappa shape index (κ1) is 16.8. The summed E-state index contributed by atoms with van der Waals surface area (Å²) < 4.78 is 0. The summed E-state index contributed by atoms with van der Waals surface area (Å²) in [6.07, 6.45) is 5.59. The lowest BCUT2D eigenvalue weighted by Crippen LogP contribution is -2.29. The van der Waals surface area contributed by atoms with Gasteiger partial charge in [0.1, 0.15) is 0 Å². The third-order valence-electron chi connectivity index (χ3n) is 5.94. The molecule has 0 aromatic heterocycles. The first-order valence-electron chi connectivity index (χ1n) is 9.58. The number of hydrogen-bond acceptors (Lipinski definition) is 3. The average molecular weight is 368 g/mol. The van der Waals surface area contributed by atoms with Gasteiger partial charge < -0.3 is 5.32 Å². The van der Waals surface area contributed by atoms with Crippen LogP contribution in [0.5, 0.6) is 0 Å². The van der Waals surface area contributed by atoms with Crippen LogP contribution in [0.4, 0.5) is 11.4 Å². The molecule has 0 fully saturated rings. The SMILES string of the molecule is O=[N+]([O-])c1ccc([C@H]2Nc3c(-c4ccccc4)cccc3[C@H]3C=CC[C@@H]32)cc1. The molecule has 138 valence electrons. The minimum Gasteiger partial charge on any atom is -0.377 e. The molecular weight excluding hydrogens is 348 g/mol. The highest BCUT2D eigenvalue weighted by molar-refractivity contribution is 5.82. The molecule has 2 aliphatic rings. The van der Waals surface area contributed by atoms with Gasteiger partial charge >= 0.3 is 0 Å². The fourth-order valence-corrected chi connectivity index (χ4v) is 4.61. The van der Waals surface area contributed by atoms with Crippen LogP contribution >= 0.6 is 0 Å². The zero-order chi connectivity index (χ0) is 19.1. The second-order valence-electron chi connectivity index (χ2n) is 7.46. The van der Waals surface area contributed by atoms with Crippen molar-refractivity contribution < 1.29 is 4.92 Å². The van der Waals surface area contributed by atoms with Crippen molar-refractivity contribution in [2.75, 3.05) is 5.32 Å². The molecule has 0 amide bonds. The van der Waals surface area contributed by atoms with Gasteiger partial charge in [0.25, 0.3) is 5.69 Å². The predicted molar refractivity (Wildman–Crippen MR) is 111 cm³/mol. The number of allylic oxidation sites excluding steroid dienone is 2. The maximum atomic E-state index is 11.0. The molecule has 0 saturated heterocycles. The molecule has 0 spiro atoms. The fourth-order valence-electron chi connectivity index (χ4n) is 4.61. The first-order valence-corrected chi connectivity index (χ1v) is 9.58. The smallest absolute Gasteiger partial charge is 0.269 e. The number of para-hydroxylation sites is 1. The molecule has 1 aliphatic carbocycles. The molecule has 4 nitrogen and oxygen atoms in total. The van der Waals surface area contributed by atoms with Gasteiger partial charge in [0.15, 0.2) is 0 Å². The zero-order valence-corrected chi connectivity index (χ0v) is 15.3. The Labute approximate surface area is 163 Å². The molecule has 1 N–H and O–H groups in total. The monoisotopic (exact) mass is 368 g/mol. The normalized spacial score (nSPS) is 22.2. The summed E-state index contributed by atoms with van der Waals surface area (Å²) in [4.78, 5) is 10.7. The molecule has 0 bridgehead atoms. The number of fused-ring (bicyclic) bond motifs is 3. The average Bonchev–Trinajstić information content (AvgIpc) is 3.24. The van der Waals surface area contributed by atoms with Crippen LogP contribution in [-0.2, 0) is 0 Å². The molecule has 0 radical (unpaired) electrons. The van der Waals surface area contributed by atoms with Crippen LogP contribution in [0, 0.1) is 16.0 Å². The van der Waals surface area contributed by atoms with E-state index in [0.29, 0.717) is 11.8 Å². The Bertz CT molecular complexity index is 1060. The molecular formula is C24H20N2O2. The maximum Gasteiger partial charge on any atom is 0.269 e. The number of hydrogen-bond donors (Lipinski definition) is 1. The lowest BCUT2D eigenvalue weighted by atomic mass is 9.76. The fraction of sp³-hybridized carbons (Fsp3) is 0.167. The van der Waals surface area contributed by atoms with Crippen LogP contribution in [0.15, 0.2) is 84.9 Å². The van der Waals surface area contributed by atoms with E-state index in [1.807, 2.05) is 18.2 Å². The molecule has 3 atom stereocenters. The summed E-state index contributed by atoms with van der Waals surface area (Å²) in [7, 11) is 0. The zero-order valence-electron chi connectivity index (χ0n) is 15.3. The summed E-state index contributed by atoms with van der Waals surface area (Å²) >= 11 is 0. The largest absolute Gasteiger partial charge is 0.377 e. The van der Waals surface area contributed by atoms with Gasteiger partial charge in [0.05, 0.1) is 11.0 Å². The van der Waals surface area contributed by atoms with Crippen LogP contribution in [0.2, 0.25) is 0 Å². The highest BCUT2D eigenvalue weighted by atomic mass is 16.6. The van der Waals surface area contributed by atoms with Crippen LogP contribution in [0.25, 0.3) is 11.1 Å². The molecule has 4 heteroatoms. The summed E-state index contributed by atoms with van der Waals surface area (Å²) in [5, 5.41) is 14.8. The van der Waals surface area contributed by atoms with Gasteiger partial charge in [-0.1, -0.05) is 72.8 Å². The van der Waals surface area contributed by atoms with E-state index in [9.17, 15) is 10.1 Å². The molecule has 3 aromatic carbocycles. The second kappa shape index (κ2) is 6.64. The molecule has 0 saturated carbocycles. The van der Waals surface area contributed by atoms with Crippen molar-refractivity contribution in [3.8, 4) is 11.1 Å². The van der Waals surface area contributed by atoms with Gasteiger partial charge in [-0.25, -0.2) is 0 Å². The minimum absolute atomic E-state index is 0.123. The first-order chi connectivity index (χ1) is 13.7. The Balaban J connectivity index is 1.60. The van der Waals surface area contributed by atoms with E-state index >= 15 is 0 Å². The lowest BCUT2D eigenvalue weighted by Gasteiger charge is -2.38.